The molecule has 5 N–H and O–H groups in total. The van der Waals surface area contributed by atoms with Gasteiger partial charge in [0.15, 0.2) is 0 Å². The molecular formula is C7H15N2O5P. The summed E-state index contributed by atoms with van der Waals surface area (Å²) >= 11 is 0. The van der Waals surface area contributed by atoms with E-state index >= 15 is 0 Å². The SMILES string of the molecule is NC1CCCCC1NC(=O)OP(=O)(O)O. The first kappa shape index (κ1) is 12.4. The van der Waals surface area contributed by atoms with Crippen molar-refractivity contribution in [2.45, 2.75) is 37.8 Å². The van der Waals surface area contributed by atoms with Crippen molar-refractivity contribution >= 4 is 13.9 Å². The average Bonchev–Trinajstić information content (AvgIpc) is 2.05. The zero-order valence-corrected chi connectivity index (χ0v) is 9.02. The topological polar surface area (TPSA) is 122 Å². The van der Waals surface area contributed by atoms with Gasteiger partial charge in [-0.1, -0.05) is 12.8 Å². The van der Waals surface area contributed by atoms with Gasteiger partial charge in [-0.25, -0.2) is 9.36 Å². The van der Waals surface area contributed by atoms with E-state index in [1.165, 1.54) is 0 Å². The molecule has 0 aromatic carbocycles. The highest BCUT2D eigenvalue weighted by Crippen LogP contribution is 2.35. The third-order valence-corrected chi connectivity index (χ3v) is 2.73. The van der Waals surface area contributed by atoms with Gasteiger partial charge < -0.3 is 15.6 Å². The van der Waals surface area contributed by atoms with Crippen LogP contribution < -0.4 is 11.1 Å². The molecule has 1 fully saturated rings. The summed E-state index contributed by atoms with van der Waals surface area (Å²) in [5.41, 5.74) is 5.73. The maximum Gasteiger partial charge on any atom is 0.528 e. The molecule has 0 aliphatic heterocycles. The molecule has 0 aromatic heterocycles. The lowest BCUT2D eigenvalue weighted by Gasteiger charge is -2.28. The zero-order chi connectivity index (χ0) is 11.5. The molecule has 0 bridgehead atoms. The molecule has 1 aliphatic rings. The van der Waals surface area contributed by atoms with Gasteiger partial charge in [-0.3, -0.25) is 9.79 Å². The minimum atomic E-state index is -4.76. The van der Waals surface area contributed by atoms with Crippen molar-refractivity contribution in [3.8, 4) is 0 Å². The maximum atomic E-state index is 11.0. The van der Waals surface area contributed by atoms with E-state index in [4.69, 9.17) is 15.5 Å². The molecule has 0 heterocycles. The summed E-state index contributed by atoms with van der Waals surface area (Å²) in [4.78, 5) is 27.8. The summed E-state index contributed by atoms with van der Waals surface area (Å²) in [5.74, 6) is 0. The van der Waals surface area contributed by atoms with Crippen molar-refractivity contribution in [3.63, 3.8) is 0 Å². The Balaban J connectivity index is 2.40. The largest absolute Gasteiger partial charge is 0.528 e. The van der Waals surface area contributed by atoms with E-state index in [9.17, 15) is 9.36 Å². The monoisotopic (exact) mass is 238 g/mol. The number of phosphoric ester groups is 1. The third kappa shape index (κ3) is 4.61. The third-order valence-electron chi connectivity index (χ3n) is 2.32. The molecule has 2 atom stereocenters. The van der Waals surface area contributed by atoms with Crippen LogP contribution >= 0.6 is 7.82 Å². The lowest BCUT2D eigenvalue weighted by molar-refractivity contribution is 0.167. The number of carbonyl (C=O) groups is 1. The molecule has 1 saturated carbocycles. The van der Waals surface area contributed by atoms with E-state index in [1.807, 2.05) is 0 Å². The minimum Gasteiger partial charge on any atom is -0.354 e. The standard InChI is InChI=1S/C7H15N2O5P/c8-5-3-1-2-4-6(5)9-7(10)14-15(11,12)13/h5-6H,1-4,8H2,(H,9,10)(H2,11,12,13). The summed E-state index contributed by atoms with van der Waals surface area (Å²) in [5, 5.41) is 2.35. The van der Waals surface area contributed by atoms with Gasteiger partial charge in [0.2, 0.25) is 0 Å². The first-order valence-corrected chi connectivity index (χ1v) is 6.23. The molecule has 1 aliphatic carbocycles. The number of amides is 1. The lowest BCUT2D eigenvalue weighted by atomic mass is 9.91. The van der Waals surface area contributed by atoms with Crippen molar-refractivity contribution in [1.29, 1.82) is 0 Å². The smallest absolute Gasteiger partial charge is 0.354 e. The second-order valence-electron chi connectivity index (χ2n) is 3.57. The predicted molar refractivity (Wildman–Crippen MR) is 51.9 cm³/mol. The van der Waals surface area contributed by atoms with Crippen molar-refractivity contribution in [1.82, 2.24) is 5.32 Å². The molecule has 2 unspecified atom stereocenters. The van der Waals surface area contributed by atoms with E-state index in [-0.39, 0.29) is 12.1 Å². The highest BCUT2D eigenvalue weighted by atomic mass is 31.2. The van der Waals surface area contributed by atoms with Gasteiger partial charge in [0.1, 0.15) is 0 Å². The molecule has 0 radical (unpaired) electrons. The van der Waals surface area contributed by atoms with E-state index in [1.54, 1.807) is 0 Å². The molecule has 88 valence electrons. The Morgan fingerprint density at radius 3 is 2.53 bits per heavy atom. The van der Waals surface area contributed by atoms with Crippen LogP contribution in [-0.2, 0) is 9.09 Å². The zero-order valence-electron chi connectivity index (χ0n) is 8.13. The fourth-order valence-electron chi connectivity index (χ4n) is 1.62. The van der Waals surface area contributed by atoms with Crippen molar-refractivity contribution in [2.75, 3.05) is 0 Å². The summed E-state index contributed by atoms with van der Waals surface area (Å²) in [6.07, 6.45) is 2.32. The number of nitrogens with two attached hydrogens (primary N) is 1. The van der Waals surface area contributed by atoms with Crippen molar-refractivity contribution in [2.24, 2.45) is 5.73 Å². The number of phosphoric acid groups is 1. The van der Waals surface area contributed by atoms with Gasteiger partial charge in [-0.2, -0.15) is 0 Å². The molecule has 0 spiro atoms. The molecule has 1 amide bonds. The fourth-order valence-corrected chi connectivity index (χ4v) is 1.89. The van der Waals surface area contributed by atoms with Gasteiger partial charge in [-0.15, -0.1) is 0 Å². The minimum absolute atomic E-state index is 0.178. The van der Waals surface area contributed by atoms with Crippen LogP contribution in [0.4, 0.5) is 4.79 Å². The summed E-state index contributed by atoms with van der Waals surface area (Å²) in [6.45, 7) is 0. The second-order valence-corrected chi connectivity index (χ2v) is 4.73. The molecule has 1 rings (SSSR count). The molecule has 0 saturated heterocycles. The Morgan fingerprint density at radius 1 is 1.40 bits per heavy atom. The van der Waals surface area contributed by atoms with E-state index in [0.717, 1.165) is 19.3 Å². The number of hydrogen-bond donors (Lipinski definition) is 4. The summed E-state index contributed by atoms with van der Waals surface area (Å²) < 4.78 is 14.2. The molecule has 0 aromatic rings. The van der Waals surface area contributed by atoms with Gasteiger partial charge in [0.25, 0.3) is 0 Å². The first-order chi connectivity index (χ1) is 6.88. The second kappa shape index (κ2) is 4.94. The Bertz CT molecular complexity index is 279. The predicted octanol–water partition coefficient (Wildman–Crippen LogP) is 0.0752. The molecular weight excluding hydrogens is 223 g/mol. The van der Waals surface area contributed by atoms with Crippen LogP contribution in [0.15, 0.2) is 0 Å². The van der Waals surface area contributed by atoms with Gasteiger partial charge in [0, 0.05) is 12.1 Å². The van der Waals surface area contributed by atoms with Crippen LogP contribution in [0.1, 0.15) is 25.7 Å². The number of rotatable bonds is 2. The number of nitrogens with one attached hydrogen (secondary N) is 1. The van der Waals surface area contributed by atoms with Crippen LogP contribution in [0.25, 0.3) is 0 Å². The number of hydrogen-bond acceptors (Lipinski definition) is 4. The van der Waals surface area contributed by atoms with Gasteiger partial charge in [0.05, 0.1) is 0 Å². The van der Waals surface area contributed by atoms with E-state index < -0.39 is 13.9 Å². The van der Waals surface area contributed by atoms with Crippen LogP contribution in [-0.4, -0.2) is 28.0 Å². The van der Waals surface area contributed by atoms with Gasteiger partial charge in [-0.05, 0) is 12.8 Å². The first-order valence-electron chi connectivity index (χ1n) is 4.70. The number of carbonyl (C=O) groups excluding carboxylic acids is 1. The van der Waals surface area contributed by atoms with E-state index in [2.05, 4.69) is 9.84 Å². The fraction of sp³-hybridized carbons (Fsp3) is 0.857. The lowest BCUT2D eigenvalue weighted by Crippen LogP contribution is -2.49. The summed E-state index contributed by atoms with van der Waals surface area (Å²) in [6, 6.07) is -0.444. The van der Waals surface area contributed by atoms with Crippen molar-refractivity contribution in [3.05, 3.63) is 0 Å². The highest BCUT2D eigenvalue weighted by molar-refractivity contribution is 7.46. The van der Waals surface area contributed by atoms with Crippen LogP contribution in [0, 0.1) is 0 Å². The summed E-state index contributed by atoms with van der Waals surface area (Å²) in [7, 11) is -4.76. The maximum absolute atomic E-state index is 11.0. The van der Waals surface area contributed by atoms with Crippen LogP contribution in [0.3, 0.4) is 0 Å². The van der Waals surface area contributed by atoms with Crippen LogP contribution in [0.5, 0.6) is 0 Å². The Morgan fingerprint density at radius 2 is 2.00 bits per heavy atom. The Kier molecular flexibility index (Phi) is 4.10. The molecule has 15 heavy (non-hydrogen) atoms. The molecule has 8 heteroatoms. The highest BCUT2D eigenvalue weighted by Gasteiger charge is 2.27. The molecule has 7 nitrogen and oxygen atoms in total. The normalized spacial score (nSPS) is 27.1. The Hall–Kier alpha value is -0.620. The average molecular weight is 238 g/mol. The van der Waals surface area contributed by atoms with E-state index in [0.29, 0.717) is 6.42 Å². The quantitative estimate of drug-likeness (QED) is 0.505. The van der Waals surface area contributed by atoms with Crippen LogP contribution in [0.2, 0.25) is 0 Å². The van der Waals surface area contributed by atoms with Crippen molar-refractivity contribution < 1.29 is 23.7 Å². The Labute approximate surface area is 87.2 Å². The van der Waals surface area contributed by atoms with Gasteiger partial charge >= 0.3 is 13.9 Å².